The zero-order valence-electron chi connectivity index (χ0n) is 23.1. The van der Waals surface area contributed by atoms with Crippen molar-refractivity contribution in [3.8, 4) is 23.0 Å². The summed E-state index contributed by atoms with van der Waals surface area (Å²) in [7, 11) is 4.56. The van der Waals surface area contributed by atoms with Gasteiger partial charge in [0.1, 0.15) is 29.8 Å². The molecule has 1 saturated heterocycles. The number of carbonyl (C=O) groups is 1. The number of carbonyl (C=O) groups excluding carboxylic acids is 1. The summed E-state index contributed by atoms with van der Waals surface area (Å²) in [5.41, 5.74) is 2.17. The van der Waals surface area contributed by atoms with Gasteiger partial charge in [-0.1, -0.05) is 11.6 Å². The van der Waals surface area contributed by atoms with E-state index in [1.54, 1.807) is 36.4 Å². The Balaban J connectivity index is 1.46. The maximum Gasteiger partial charge on any atom is 0.248 e. The number of fused-ring (bicyclic) bond motifs is 1. The van der Waals surface area contributed by atoms with Crippen LogP contribution in [0.25, 0.3) is 17.0 Å². The number of anilines is 3. The Hall–Kier alpha value is -4.61. The molecule has 218 valence electrons. The number of nitrogens with one attached hydrogen (secondary N) is 2. The van der Waals surface area contributed by atoms with Crippen molar-refractivity contribution >= 4 is 51.7 Å². The molecule has 10 nitrogen and oxygen atoms in total. The molecule has 1 aliphatic rings. The number of rotatable bonds is 10. The van der Waals surface area contributed by atoms with Gasteiger partial charge in [-0.2, -0.15) is 0 Å². The average molecular weight is 595 g/mol. The molecule has 1 fully saturated rings. The summed E-state index contributed by atoms with van der Waals surface area (Å²) in [5.74, 6) is 1.30. The molecule has 0 aliphatic carbocycles. The van der Waals surface area contributed by atoms with Crippen molar-refractivity contribution in [2.45, 2.75) is 12.5 Å². The highest BCUT2D eigenvalue weighted by Crippen LogP contribution is 2.39. The van der Waals surface area contributed by atoms with Crippen LogP contribution < -0.4 is 29.6 Å². The van der Waals surface area contributed by atoms with Crippen LogP contribution in [0.2, 0.25) is 5.02 Å². The summed E-state index contributed by atoms with van der Waals surface area (Å²) in [5, 5.41) is 6.61. The number of benzene rings is 3. The molecule has 1 aromatic heterocycles. The van der Waals surface area contributed by atoms with E-state index >= 15 is 0 Å². The van der Waals surface area contributed by atoms with Gasteiger partial charge in [-0.05, 0) is 48.0 Å². The summed E-state index contributed by atoms with van der Waals surface area (Å²) in [6.45, 7) is 1.03. The molecule has 0 bridgehead atoms. The summed E-state index contributed by atoms with van der Waals surface area (Å²) >= 11 is 5.96. The van der Waals surface area contributed by atoms with Crippen molar-refractivity contribution in [2.24, 2.45) is 0 Å². The minimum atomic E-state index is -0.531. The van der Waals surface area contributed by atoms with Crippen LogP contribution in [0.5, 0.6) is 23.0 Å². The lowest BCUT2D eigenvalue weighted by atomic mass is 10.1. The molecule has 2 N–H and O–H groups in total. The third kappa shape index (κ3) is 6.48. The Kier molecular flexibility index (Phi) is 8.89. The molecule has 1 amide bonds. The zero-order valence-corrected chi connectivity index (χ0v) is 23.8. The number of hydrogen-bond donors (Lipinski definition) is 2. The van der Waals surface area contributed by atoms with Crippen LogP contribution in [-0.2, 0) is 9.53 Å². The second-order valence-corrected chi connectivity index (χ2v) is 9.63. The molecule has 0 radical (unpaired) electrons. The average Bonchev–Trinajstić information content (AvgIpc) is 3.51. The van der Waals surface area contributed by atoms with Gasteiger partial charge in [-0.25, -0.2) is 14.4 Å². The van der Waals surface area contributed by atoms with E-state index in [2.05, 4.69) is 20.6 Å². The largest absolute Gasteiger partial charge is 0.493 e. The van der Waals surface area contributed by atoms with Crippen molar-refractivity contribution < 1.29 is 32.9 Å². The van der Waals surface area contributed by atoms with Crippen LogP contribution in [0.15, 0.2) is 54.9 Å². The molecule has 5 rings (SSSR count). The second-order valence-electron chi connectivity index (χ2n) is 9.23. The fourth-order valence-corrected chi connectivity index (χ4v) is 4.60. The molecule has 0 unspecified atom stereocenters. The van der Waals surface area contributed by atoms with Crippen LogP contribution in [0, 0.1) is 5.82 Å². The molecule has 42 heavy (non-hydrogen) atoms. The normalized spacial score (nSPS) is 14.6. The molecule has 12 heteroatoms. The monoisotopic (exact) mass is 594 g/mol. The Morgan fingerprint density at radius 1 is 1.05 bits per heavy atom. The molecule has 1 aliphatic heterocycles. The fraction of sp³-hybridized carbons (Fsp3) is 0.233. The topological polar surface area (TPSA) is 113 Å². The number of ether oxygens (including phenoxy) is 5. The zero-order chi connectivity index (χ0) is 29.6. The van der Waals surface area contributed by atoms with Gasteiger partial charge < -0.3 is 34.3 Å². The maximum atomic E-state index is 13.7. The molecular formula is C30H28ClFN4O6. The Labute approximate surface area is 246 Å². The van der Waals surface area contributed by atoms with Crippen LogP contribution in [0.4, 0.5) is 21.6 Å². The minimum Gasteiger partial charge on any atom is -0.493 e. The number of nitrogens with zero attached hydrogens (tertiary/aromatic N) is 2. The highest BCUT2D eigenvalue weighted by atomic mass is 35.5. The SMILES string of the molecule is COc1cc(/C=C/C(=O)Nc2cc3c(Nc4ccc(F)c(Cl)c4)ncnc3cc2O[C@H]2CCOC2)cc(OC)c1OC. The molecule has 0 spiro atoms. The van der Waals surface area contributed by atoms with Crippen LogP contribution >= 0.6 is 11.6 Å². The first-order valence-corrected chi connectivity index (χ1v) is 13.3. The van der Waals surface area contributed by atoms with Gasteiger partial charge in [0.2, 0.25) is 11.7 Å². The smallest absolute Gasteiger partial charge is 0.248 e. The van der Waals surface area contributed by atoms with Gasteiger partial charge >= 0.3 is 0 Å². The van der Waals surface area contributed by atoms with Crippen molar-refractivity contribution in [3.05, 3.63) is 71.3 Å². The van der Waals surface area contributed by atoms with Crippen molar-refractivity contribution in [1.29, 1.82) is 0 Å². The molecule has 4 aromatic rings. The Morgan fingerprint density at radius 2 is 1.83 bits per heavy atom. The predicted molar refractivity (Wildman–Crippen MR) is 158 cm³/mol. The van der Waals surface area contributed by atoms with Gasteiger partial charge in [0.15, 0.2) is 11.5 Å². The lowest BCUT2D eigenvalue weighted by Gasteiger charge is -2.17. The standard InChI is InChI=1S/C30H28ClFN4O6/c1-38-26-10-17(11-27(39-2)29(26)40-3)4-7-28(37)36-24-13-20-23(14-25(24)42-19-8-9-41-15-19)33-16-34-30(20)35-18-5-6-22(32)21(31)12-18/h4-7,10-14,16,19H,8-9,15H2,1-3H3,(H,36,37)(H,33,34,35)/b7-4+/t19-/m0/s1. The third-order valence-electron chi connectivity index (χ3n) is 6.47. The summed E-state index contributed by atoms with van der Waals surface area (Å²) in [6.07, 6.45) is 4.95. The van der Waals surface area contributed by atoms with Gasteiger partial charge in [-0.3, -0.25) is 4.79 Å². The van der Waals surface area contributed by atoms with E-state index in [0.29, 0.717) is 76.3 Å². The van der Waals surface area contributed by atoms with Crippen LogP contribution in [-0.4, -0.2) is 56.5 Å². The van der Waals surface area contributed by atoms with Crippen LogP contribution in [0.1, 0.15) is 12.0 Å². The van der Waals surface area contributed by atoms with E-state index in [4.69, 9.17) is 35.3 Å². The number of halogens is 2. The summed E-state index contributed by atoms with van der Waals surface area (Å²) in [6, 6.07) is 11.2. The third-order valence-corrected chi connectivity index (χ3v) is 6.76. The van der Waals surface area contributed by atoms with E-state index in [-0.39, 0.29) is 11.1 Å². The molecule has 3 aromatic carbocycles. The van der Waals surface area contributed by atoms with Gasteiger partial charge in [-0.15, -0.1) is 0 Å². The van der Waals surface area contributed by atoms with Crippen LogP contribution in [0.3, 0.4) is 0 Å². The first-order chi connectivity index (χ1) is 20.4. The summed E-state index contributed by atoms with van der Waals surface area (Å²) < 4.78 is 41.5. The van der Waals surface area contributed by atoms with Crippen molar-refractivity contribution in [2.75, 3.05) is 45.2 Å². The lowest BCUT2D eigenvalue weighted by molar-refractivity contribution is -0.111. The minimum absolute atomic E-state index is 0.0281. The van der Waals surface area contributed by atoms with E-state index in [1.165, 1.54) is 45.9 Å². The number of methoxy groups -OCH3 is 3. The number of amides is 1. The van der Waals surface area contributed by atoms with E-state index in [1.807, 2.05) is 0 Å². The van der Waals surface area contributed by atoms with Gasteiger partial charge in [0.05, 0.1) is 50.8 Å². The van der Waals surface area contributed by atoms with Gasteiger partial charge in [0.25, 0.3) is 0 Å². The second kappa shape index (κ2) is 12.9. The van der Waals surface area contributed by atoms with Crippen molar-refractivity contribution in [1.82, 2.24) is 9.97 Å². The Bertz CT molecular complexity index is 1620. The first-order valence-electron chi connectivity index (χ1n) is 12.9. The van der Waals surface area contributed by atoms with E-state index in [0.717, 1.165) is 0 Å². The maximum absolute atomic E-state index is 13.7. The Morgan fingerprint density at radius 3 is 2.50 bits per heavy atom. The van der Waals surface area contributed by atoms with Gasteiger partial charge in [0, 0.05) is 29.6 Å². The predicted octanol–water partition coefficient (Wildman–Crippen LogP) is 6.01. The quantitative estimate of drug-likeness (QED) is 0.213. The van der Waals surface area contributed by atoms with E-state index in [9.17, 15) is 9.18 Å². The van der Waals surface area contributed by atoms with E-state index < -0.39 is 11.7 Å². The molecule has 1 atom stereocenters. The molecular weight excluding hydrogens is 567 g/mol. The highest BCUT2D eigenvalue weighted by Gasteiger charge is 2.21. The highest BCUT2D eigenvalue weighted by molar-refractivity contribution is 6.31. The lowest BCUT2D eigenvalue weighted by Crippen LogP contribution is -2.18. The van der Waals surface area contributed by atoms with Crippen molar-refractivity contribution in [3.63, 3.8) is 0 Å². The summed E-state index contributed by atoms with van der Waals surface area (Å²) in [4.78, 5) is 21.9. The first kappa shape index (κ1) is 28.9. The number of aromatic nitrogens is 2. The number of hydrogen-bond acceptors (Lipinski definition) is 9. The molecule has 0 saturated carbocycles. The molecule has 2 heterocycles. The fourth-order valence-electron chi connectivity index (χ4n) is 4.42.